The molecule has 1 aromatic carbocycles. The summed E-state index contributed by atoms with van der Waals surface area (Å²) in [4.78, 5) is 36.6. The lowest BCUT2D eigenvalue weighted by atomic mass is 10.2. The number of nitrogens with one attached hydrogen (secondary N) is 2. The Hall–Kier alpha value is -4.31. The van der Waals surface area contributed by atoms with Crippen molar-refractivity contribution in [1.82, 2.24) is 24.8 Å². The Morgan fingerprint density at radius 2 is 1.84 bits per heavy atom. The van der Waals surface area contributed by atoms with Crippen LogP contribution in [0.15, 0.2) is 54.9 Å². The normalized spacial score (nSPS) is 10.7. The van der Waals surface area contributed by atoms with Crippen LogP contribution in [0.2, 0.25) is 0 Å². The summed E-state index contributed by atoms with van der Waals surface area (Å²) in [5, 5.41) is 11.8. The van der Waals surface area contributed by atoms with Gasteiger partial charge in [-0.05, 0) is 49.4 Å². The lowest BCUT2D eigenvalue weighted by molar-refractivity contribution is 0.0600. The van der Waals surface area contributed by atoms with Crippen LogP contribution in [0.5, 0.6) is 0 Å². The molecule has 0 saturated heterocycles. The number of rotatable bonds is 5. The number of pyridine rings is 1. The molecular weight excluding hydrogens is 400 g/mol. The van der Waals surface area contributed by atoms with E-state index in [4.69, 9.17) is 9.94 Å². The monoisotopic (exact) mass is 418 g/mol. The van der Waals surface area contributed by atoms with Gasteiger partial charge in [0.05, 0.1) is 29.8 Å². The number of methoxy groups -OCH3 is 1. The molecule has 10 nitrogen and oxygen atoms in total. The Morgan fingerprint density at radius 3 is 2.55 bits per heavy atom. The Balaban J connectivity index is 1.65. The van der Waals surface area contributed by atoms with Gasteiger partial charge in [0.15, 0.2) is 0 Å². The van der Waals surface area contributed by atoms with Gasteiger partial charge in [0, 0.05) is 23.6 Å². The summed E-state index contributed by atoms with van der Waals surface area (Å²) in [6.45, 7) is 1.86. The summed E-state index contributed by atoms with van der Waals surface area (Å²) in [5.41, 5.74) is 5.74. The molecule has 3 heterocycles. The van der Waals surface area contributed by atoms with Gasteiger partial charge in [0.2, 0.25) is 5.95 Å². The van der Waals surface area contributed by atoms with Crippen LogP contribution in [0.25, 0.3) is 17.0 Å². The zero-order chi connectivity index (χ0) is 22.0. The summed E-state index contributed by atoms with van der Waals surface area (Å²) < 4.78 is 6.61. The van der Waals surface area contributed by atoms with Crippen molar-refractivity contribution in [2.75, 3.05) is 12.4 Å². The van der Waals surface area contributed by atoms with Crippen LogP contribution in [-0.2, 0) is 4.74 Å². The van der Waals surface area contributed by atoms with E-state index in [-0.39, 0.29) is 0 Å². The van der Waals surface area contributed by atoms with Gasteiger partial charge < -0.3 is 10.1 Å². The molecule has 1 amide bonds. The maximum atomic E-state index is 11.8. The number of imidazole rings is 1. The number of hydrogen-bond donors (Lipinski definition) is 3. The van der Waals surface area contributed by atoms with Crippen molar-refractivity contribution in [2.45, 2.75) is 6.92 Å². The lowest BCUT2D eigenvalue weighted by Gasteiger charge is -2.08. The molecule has 0 radical (unpaired) electrons. The number of esters is 1. The third-order valence-electron chi connectivity index (χ3n) is 4.62. The number of carbonyl (C=O) groups is 2. The van der Waals surface area contributed by atoms with Gasteiger partial charge in [-0.1, -0.05) is 0 Å². The number of benzene rings is 1. The number of hydrogen-bond acceptors (Lipinski definition) is 8. The van der Waals surface area contributed by atoms with Gasteiger partial charge in [0.25, 0.3) is 5.91 Å². The molecule has 3 aromatic heterocycles. The van der Waals surface area contributed by atoms with E-state index in [1.165, 1.54) is 7.11 Å². The zero-order valence-electron chi connectivity index (χ0n) is 16.7. The average molecular weight is 418 g/mol. The number of nitrogens with zero attached hydrogens (tertiary/aromatic N) is 4. The SMILES string of the molecule is COC(=O)c1ccn2c(-c3ccnc(Nc4ccc(C(=O)NO)cc4)n3)c(C)nc2c1. The van der Waals surface area contributed by atoms with Crippen molar-refractivity contribution in [3.63, 3.8) is 0 Å². The number of hydroxylamine groups is 1. The van der Waals surface area contributed by atoms with Crippen LogP contribution < -0.4 is 10.8 Å². The molecule has 156 valence electrons. The van der Waals surface area contributed by atoms with Crippen molar-refractivity contribution in [1.29, 1.82) is 0 Å². The Kier molecular flexibility index (Phi) is 5.29. The van der Waals surface area contributed by atoms with Gasteiger partial charge in [-0.2, -0.15) is 0 Å². The molecular formula is C21H18N6O4. The topological polar surface area (TPSA) is 131 Å². The standard InChI is InChI=1S/C21H18N6O4/c1-12-18(27-10-8-14(20(29)31-2)11-17(27)23-12)16-7-9-22-21(25-16)24-15-5-3-13(4-6-15)19(28)26-30/h3-11,30H,1-2H3,(H,26,28)(H,22,24,25). The second-order valence-electron chi connectivity index (χ2n) is 6.59. The van der Waals surface area contributed by atoms with E-state index in [1.807, 2.05) is 11.3 Å². The van der Waals surface area contributed by atoms with E-state index in [0.29, 0.717) is 34.1 Å². The molecule has 0 bridgehead atoms. The van der Waals surface area contributed by atoms with E-state index in [0.717, 1.165) is 11.4 Å². The van der Waals surface area contributed by atoms with Crippen LogP contribution in [0.1, 0.15) is 26.4 Å². The Labute approximate surface area is 176 Å². The maximum Gasteiger partial charge on any atom is 0.338 e. The molecule has 0 aliphatic heterocycles. The third kappa shape index (κ3) is 3.91. The summed E-state index contributed by atoms with van der Waals surface area (Å²) in [6, 6.07) is 11.6. The molecule has 0 aliphatic rings. The molecule has 4 rings (SSSR count). The lowest BCUT2D eigenvalue weighted by Crippen LogP contribution is -2.18. The predicted molar refractivity (Wildman–Crippen MR) is 111 cm³/mol. The first kappa shape index (κ1) is 20.0. The Morgan fingerprint density at radius 1 is 1.06 bits per heavy atom. The summed E-state index contributed by atoms with van der Waals surface area (Å²) >= 11 is 0. The highest BCUT2D eigenvalue weighted by Crippen LogP contribution is 2.25. The molecule has 0 atom stereocenters. The van der Waals surface area contributed by atoms with Crippen molar-refractivity contribution >= 4 is 29.2 Å². The minimum Gasteiger partial charge on any atom is -0.465 e. The quantitative estimate of drug-likeness (QED) is 0.256. The molecule has 10 heteroatoms. The first-order valence-corrected chi connectivity index (χ1v) is 9.22. The summed E-state index contributed by atoms with van der Waals surface area (Å²) in [7, 11) is 1.33. The number of aromatic nitrogens is 4. The van der Waals surface area contributed by atoms with E-state index in [2.05, 4.69) is 20.3 Å². The number of aryl methyl sites for hydroxylation is 1. The highest BCUT2D eigenvalue weighted by atomic mass is 16.5. The van der Waals surface area contributed by atoms with Crippen LogP contribution in [0.4, 0.5) is 11.6 Å². The van der Waals surface area contributed by atoms with Gasteiger partial charge in [-0.3, -0.25) is 14.4 Å². The highest BCUT2D eigenvalue weighted by molar-refractivity contribution is 5.93. The predicted octanol–water partition coefficient (Wildman–Crippen LogP) is 2.75. The smallest absolute Gasteiger partial charge is 0.338 e. The molecule has 3 N–H and O–H groups in total. The fraction of sp³-hybridized carbons (Fsp3) is 0.0952. The van der Waals surface area contributed by atoms with Crippen molar-refractivity contribution < 1.29 is 19.5 Å². The van der Waals surface area contributed by atoms with Crippen molar-refractivity contribution in [2.24, 2.45) is 0 Å². The number of anilines is 2. The molecule has 0 aliphatic carbocycles. The fourth-order valence-corrected chi connectivity index (χ4v) is 3.17. The molecule has 0 saturated carbocycles. The number of carbonyl (C=O) groups excluding carboxylic acids is 2. The molecule has 0 fully saturated rings. The van der Waals surface area contributed by atoms with E-state index >= 15 is 0 Å². The van der Waals surface area contributed by atoms with Gasteiger partial charge in [0.1, 0.15) is 5.65 Å². The van der Waals surface area contributed by atoms with E-state index < -0.39 is 11.9 Å². The maximum absolute atomic E-state index is 11.8. The molecule has 4 aromatic rings. The van der Waals surface area contributed by atoms with Crippen LogP contribution in [0, 0.1) is 6.92 Å². The van der Waals surface area contributed by atoms with Gasteiger partial charge in [-0.25, -0.2) is 25.2 Å². The first-order chi connectivity index (χ1) is 15.0. The van der Waals surface area contributed by atoms with Gasteiger partial charge in [-0.15, -0.1) is 0 Å². The minimum absolute atomic E-state index is 0.315. The highest BCUT2D eigenvalue weighted by Gasteiger charge is 2.15. The van der Waals surface area contributed by atoms with E-state index in [1.54, 1.807) is 60.3 Å². The molecule has 31 heavy (non-hydrogen) atoms. The Bertz CT molecular complexity index is 1280. The van der Waals surface area contributed by atoms with E-state index in [9.17, 15) is 9.59 Å². The number of ether oxygens (including phenoxy) is 1. The second kappa shape index (κ2) is 8.20. The summed E-state index contributed by atoms with van der Waals surface area (Å²) in [6.07, 6.45) is 3.37. The number of fused-ring (bicyclic) bond motifs is 1. The average Bonchev–Trinajstić information content (AvgIpc) is 3.13. The van der Waals surface area contributed by atoms with Crippen LogP contribution in [-0.4, -0.2) is 43.5 Å². The van der Waals surface area contributed by atoms with Crippen molar-refractivity contribution in [3.05, 3.63) is 71.7 Å². The first-order valence-electron chi connectivity index (χ1n) is 9.22. The third-order valence-corrected chi connectivity index (χ3v) is 4.62. The summed E-state index contributed by atoms with van der Waals surface area (Å²) in [5.74, 6) is -0.665. The van der Waals surface area contributed by atoms with Gasteiger partial charge >= 0.3 is 5.97 Å². The van der Waals surface area contributed by atoms with Crippen LogP contribution >= 0.6 is 0 Å². The fourth-order valence-electron chi connectivity index (χ4n) is 3.17. The van der Waals surface area contributed by atoms with Crippen LogP contribution in [0.3, 0.4) is 0 Å². The second-order valence-corrected chi connectivity index (χ2v) is 6.59. The zero-order valence-corrected chi connectivity index (χ0v) is 16.7. The number of amides is 1. The largest absolute Gasteiger partial charge is 0.465 e. The minimum atomic E-state index is -0.594. The van der Waals surface area contributed by atoms with Crippen molar-refractivity contribution in [3.8, 4) is 11.4 Å². The molecule has 0 unspecified atom stereocenters. The molecule has 0 spiro atoms.